The minimum Gasteiger partial charge on any atom is -0.495 e. The monoisotopic (exact) mass is 719 g/mol. The second kappa shape index (κ2) is 15.3. The highest BCUT2D eigenvalue weighted by molar-refractivity contribution is 6.35. The largest absolute Gasteiger partial charge is 0.495 e. The van der Waals surface area contributed by atoms with Gasteiger partial charge in [0, 0.05) is 39.5 Å². The van der Waals surface area contributed by atoms with Gasteiger partial charge in [-0.15, -0.1) is 0 Å². The Morgan fingerprint density at radius 1 is 1.20 bits per heavy atom. The lowest BCUT2D eigenvalue weighted by Gasteiger charge is -2.42. The molecule has 3 aliphatic rings. The molecule has 0 unspecified atom stereocenters. The number of hydrogen-bond acceptors (Lipinski definition) is 10. The summed E-state index contributed by atoms with van der Waals surface area (Å²) in [6.45, 7) is 10.5. The zero-order valence-electron chi connectivity index (χ0n) is 30.4. The fourth-order valence-corrected chi connectivity index (χ4v) is 6.91. The molecule has 2 fully saturated rings. The van der Waals surface area contributed by atoms with Crippen LogP contribution in [0, 0.1) is 11.8 Å². The van der Waals surface area contributed by atoms with E-state index in [1.807, 2.05) is 13.0 Å². The Balaban J connectivity index is 1.78. The van der Waals surface area contributed by atoms with Crippen LogP contribution in [0.4, 0.5) is 10.5 Å². The number of allylic oxidation sites excluding steroid dienone is 3. The number of carbonyl (C=O) groups is 4. The maximum atomic E-state index is 14.1. The van der Waals surface area contributed by atoms with Crippen LogP contribution in [0.3, 0.4) is 0 Å². The number of nitrogens with one attached hydrogen (secondary N) is 1. The number of alkyl carbamates (subject to hydrolysis) is 1. The number of esters is 1. The van der Waals surface area contributed by atoms with Crippen LogP contribution in [0.25, 0.3) is 0 Å². The van der Waals surface area contributed by atoms with Crippen LogP contribution >= 0.6 is 11.6 Å². The highest BCUT2D eigenvalue weighted by atomic mass is 35.5. The summed E-state index contributed by atoms with van der Waals surface area (Å²) in [7, 11) is 6.02. The number of fused-ring (bicyclic) bond motifs is 5. The van der Waals surface area contributed by atoms with Crippen molar-refractivity contribution in [3.05, 3.63) is 46.5 Å². The lowest BCUT2D eigenvalue weighted by Crippen LogP contribution is -2.63. The highest BCUT2D eigenvalue weighted by Crippen LogP contribution is 2.49. The van der Waals surface area contributed by atoms with Crippen molar-refractivity contribution in [2.75, 3.05) is 33.2 Å². The lowest BCUT2D eigenvalue weighted by molar-refractivity contribution is -0.162. The zero-order valence-corrected chi connectivity index (χ0v) is 31.2. The molecule has 2 N–H and O–H groups in total. The van der Waals surface area contributed by atoms with Crippen molar-refractivity contribution in [2.24, 2.45) is 11.8 Å². The van der Waals surface area contributed by atoms with E-state index in [9.17, 15) is 24.3 Å². The summed E-state index contributed by atoms with van der Waals surface area (Å²) in [5.41, 5.74) is -0.881. The van der Waals surface area contributed by atoms with Crippen molar-refractivity contribution in [3.63, 3.8) is 0 Å². The Bertz CT molecular complexity index is 1550. The summed E-state index contributed by atoms with van der Waals surface area (Å²) in [5.74, 6) is -1.88. The third-order valence-electron chi connectivity index (χ3n) is 9.97. The minimum absolute atomic E-state index is 0.0449. The molecule has 13 nitrogen and oxygen atoms in total. The van der Waals surface area contributed by atoms with Crippen LogP contribution in [-0.2, 0) is 39.8 Å². The van der Waals surface area contributed by atoms with Gasteiger partial charge in [-0.05, 0) is 44.9 Å². The molecule has 50 heavy (non-hydrogen) atoms. The summed E-state index contributed by atoms with van der Waals surface area (Å²) < 4.78 is 29.1. The molecule has 276 valence electrons. The number of anilines is 1. The number of halogens is 1. The van der Waals surface area contributed by atoms with Crippen LogP contribution in [0.5, 0.6) is 5.75 Å². The number of likely N-dealkylation sites (N-methyl/N-ethyl adjacent to an activating group) is 1. The predicted molar refractivity (Wildman–Crippen MR) is 186 cm³/mol. The van der Waals surface area contributed by atoms with Crippen LogP contribution < -0.4 is 15.0 Å². The topological polar surface area (TPSA) is 156 Å². The second-order valence-corrected chi connectivity index (χ2v) is 14.4. The molecule has 0 spiro atoms. The molecule has 0 saturated carbocycles. The molecule has 4 rings (SSSR count). The molecule has 3 amide bonds. The van der Waals surface area contributed by atoms with E-state index < -0.39 is 65.7 Å². The quantitative estimate of drug-likeness (QED) is 0.323. The molecule has 8 atom stereocenters. The van der Waals surface area contributed by atoms with Gasteiger partial charge in [0.2, 0.25) is 11.8 Å². The van der Waals surface area contributed by atoms with Crippen molar-refractivity contribution < 1.29 is 48.0 Å². The Hall–Kier alpha value is -3.65. The van der Waals surface area contributed by atoms with E-state index in [1.54, 1.807) is 66.0 Å². The first-order valence-electron chi connectivity index (χ1n) is 16.7. The number of carbonyl (C=O) groups excluding carboxylic acids is 4. The number of aliphatic hydroxyl groups is 1. The summed E-state index contributed by atoms with van der Waals surface area (Å²) >= 11 is 6.74. The molecule has 3 aliphatic heterocycles. The van der Waals surface area contributed by atoms with Gasteiger partial charge in [0.15, 0.2) is 5.72 Å². The van der Waals surface area contributed by atoms with Crippen molar-refractivity contribution in [3.8, 4) is 5.75 Å². The van der Waals surface area contributed by atoms with Crippen LogP contribution in [0.2, 0.25) is 5.02 Å². The number of hydrogen-bond donors (Lipinski definition) is 2. The fraction of sp³-hybridized carbons (Fsp3) is 0.611. The van der Waals surface area contributed by atoms with E-state index in [1.165, 1.54) is 31.1 Å². The van der Waals surface area contributed by atoms with Gasteiger partial charge in [0.1, 0.15) is 40.7 Å². The highest BCUT2D eigenvalue weighted by Gasteiger charge is 2.64. The normalized spacial score (nSPS) is 30.8. The first kappa shape index (κ1) is 39.1. The SMILES string of the molecule is COc1cc2cc(c1Cl)N(C)C(=O)C[C@H](OC(=O)[C@H](C)N(C)C(=O)C(C)C)[C@]1(C)O[C@H]1[C@@H](C)[C@H]1C[C@@](O)(NC(=O)O1)[C@H](OC)C=CC=C(C)C2. The molecule has 0 aliphatic carbocycles. The van der Waals surface area contributed by atoms with E-state index in [2.05, 4.69) is 5.32 Å². The summed E-state index contributed by atoms with van der Waals surface area (Å²) in [5, 5.41) is 14.4. The third kappa shape index (κ3) is 8.11. The number of amides is 3. The number of methoxy groups -OCH3 is 2. The second-order valence-electron chi connectivity index (χ2n) is 14.0. The van der Waals surface area contributed by atoms with Gasteiger partial charge in [0.25, 0.3) is 0 Å². The molecule has 0 aromatic heterocycles. The Morgan fingerprint density at radius 2 is 1.88 bits per heavy atom. The van der Waals surface area contributed by atoms with Crippen molar-refractivity contribution in [2.45, 2.75) is 103 Å². The first-order valence-corrected chi connectivity index (χ1v) is 17.1. The lowest BCUT2D eigenvalue weighted by atomic mass is 9.83. The van der Waals surface area contributed by atoms with Gasteiger partial charge in [-0.3, -0.25) is 14.9 Å². The van der Waals surface area contributed by atoms with E-state index in [4.69, 9.17) is 35.3 Å². The Morgan fingerprint density at radius 3 is 2.50 bits per heavy atom. The van der Waals surface area contributed by atoms with E-state index in [0.29, 0.717) is 17.9 Å². The maximum absolute atomic E-state index is 14.1. The molecule has 3 heterocycles. The molecule has 2 saturated heterocycles. The van der Waals surface area contributed by atoms with Crippen molar-refractivity contribution in [1.82, 2.24) is 10.2 Å². The average molecular weight is 720 g/mol. The fourth-order valence-electron chi connectivity index (χ4n) is 6.60. The third-order valence-corrected chi connectivity index (χ3v) is 10.4. The molecule has 1 aromatic carbocycles. The molecular weight excluding hydrogens is 670 g/mol. The van der Waals surface area contributed by atoms with Gasteiger partial charge < -0.3 is 38.6 Å². The molecule has 1 aromatic rings. The zero-order chi connectivity index (χ0) is 37.3. The molecule has 14 heteroatoms. The summed E-state index contributed by atoms with van der Waals surface area (Å²) in [6.07, 6.45) is 1.00. The van der Waals surface area contributed by atoms with E-state index in [-0.39, 0.29) is 29.7 Å². The number of rotatable bonds is 6. The van der Waals surface area contributed by atoms with Gasteiger partial charge >= 0.3 is 12.1 Å². The number of ether oxygens (including phenoxy) is 5. The van der Waals surface area contributed by atoms with Gasteiger partial charge in [-0.1, -0.05) is 56.2 Å². The standard InChI is InChI=1S/C36H50ClN3O10/c1-19(2)32(42)39(7)22(5)33(43)49-28-17-29(41)40(8)24-15-23(16-25(46-9)30(24)37)14-20(3)12-11-13-27(47-10)36(45)18-26(48-34(44)38-36)21(4)31-35(28,6)50-31/h11-13,15-16,19,21-22,26-28,31,45H,14,17-18H2,1-10H3,(H,38,44)/t21-,22-,26+,27+,28-,31-,35-,36-/m0/s1. The Kier molecular flexibility index (Phi) is 12.0. The molecular formula is C36H50ClN3O10. The number of epoxide rings is 1. The number of nitrogens with zero attached hydrogens (tertiary/aromatic N) is 2. The van der Waals surface area contributed by atoms with Crippen LogP contribution in [-0.4, -0.2) is 104 Å². The average Bonchev–Trinajstić information content (AvgIpc) is 3.76. The van der Waals surface area contributed by atoms with Crippen molar-refractivity contribution in [1.29, 1.82) is 0 Å². The smallest absolute Gasteiger partial charge is 0.409 e. The number of benzene rings is 1. The van der Waals surface area contributed by atoms with Crippen LogP contribution in [0.15, 0.2) is 35.9 Å². The predicted octanol–water partition coefficient (Wildman–Crippen LogP) is 4.17. The molecule has 0 radical (unpaired) electrons. The van der Waals surface area contributed by atoms with Gasteiger partial charge in [0.05, 0.1) is 25.3 Å². The first-order chi connectivity index (χ1) is 23.4. The van der Waals surface area contributed by atoms with Gasteiger partial charge in [-0.2, -0.15) is 0 Å². The maximum Gasteiger partial charge on any atom is 0.409 e. The van der Waals surface area contributed by atoms with E-state index >= 15 is 0 Å². The van der Waals surface area contributed by atoms with E-state index in [0.717, 1.165) is 11.1 Å². The molecule has 4 bridgehead atoms. The summed E-state index contributed by atoms with van der Waals surface area (Å²) in [6, 6.07) is 2.63. The van der Waals surface area contributed by atoms with Crippen LogP contribution in [0.1, 0.15) is 59.9 Å². The van der Waals surface area contributed by atoms with Gasteiger partial charge in [-0.25, -0.2) is 9.59 Å². The van der Waals surface area contributed by atoms with Crippen molar-refractivity contribution >= 4 is 41.2 Å². The Labute approximate surface area is 298 Å². The minimum atomic E-state index is -1.82. The summed E-state index contributed by atoms with van der Waals surface area (Å²) in [4.78, 5) is 55.8.